The summed E-state index contributed by atoms with van der Waals surface area (Å²) in [7, 11) is -4.69. The van der Waals surface area contributed by atoms with E-state index in [1.54, 1.807) is 0 Å². The Morgan fingerprint density at radius 3 is 1.29 bits per heavy atom. The largest absolute Gasteiger partial charge is 1.00 e. The number of aliphatic hydroxyl groups excluding tert-OH is 1. The van der Waals surface area contributed by atoms with E-state index in [0.29, 0.717) is 6.42 Å². The number of ether oxygens (including phenoxy) is 2. The van der Waals surface area contributed by atoms with Crippen LogP contribution < -0.4 is 34.5 Å². The fraction of sp³-hybridized carbons (Fsp3) is 0.946. The SMILES string of the molecule is CCCCCCCCCCCCCCCC(=O)OC[C@H](COP(=O)([O-])OCCO)OC(=O)CCCCCCCCCCCCCCC.[Na+]. The number of carbonyl (C=O) groups is 2. The van der Waals surface area contributed by atoms with E-state index < -0.39 is 45.7 Å². The van der Waals surface area contributed by atoms with Crippen molar-refractivity contribution in [2.75, 3.05) is 26.4 Å². The summed E-state index contributed by atoms with van der Waals surface area (Å²) in [5, 5.41) is 8.81. The summed E-state index contributed by atoms with van der Waals surface area (Å²) in [6.07, 6.45) is 30.8. The number of phosphoric acid groups is 1. The third-order valence-corrected chi connectivity index (χ3v) is 9.42. The van der Waals surface area contributed by atoms with Gasteiger partial charge in [0.1, 0.15) is 6.61 Å². The molecule has 280 valence electrons. The van der Waals surface area contributed by atoms with Gasteiger partial charge in [-0.25, -0.2) is 0 Å². The summed E-state index contributed by atoms with van der Waals surface area (Å²) in [4.78, 5) is 36.7. The molecule has 1 unspecified atom stereocenters. The Hall–Kier alpha value is 0.0100. The summed E-state index contributed by atoms with van der Waals surface area (Å²) in [6, 6.07) is 0. The van der Waals surface area contributed by atoms with Crippen LogP contribution in [0.1, 0.15) is 194 Å². The smallest absolute Gasteiger partial charge is 0.756 e. The van der Waals surface area contributed by atoms with Gasteiger partial charge in [-0.2, -0.15) is 0 Å². The molecular weight excluding hydrogens is 642 g/mol. The van der Waals surface area contributed by atoms with Gasteiger partial charge < -0.3 is 28.5 Å². The maximum atomic E-state index is 12.5. The maximum Gasteiger partial charge on any atom is 1.00 e. The third-order valence-electron chi connectivity index (χ3n) is 8.46. The molecule has 0 aromatic rings. The van der Waals surface area contributed by atoms with Crippen LogP contribution in [0.3, 0.4) is 0 Å². The number of unbranched alkanes of at least 4 members (excludes halogenated alkanes) is 24. The summed E-state index contributed by atoms with van der Waals surface area (Å²) in [5.74, 6) is -0.890. The van der Waals surface area contributed by atoms with Crippen molar-refractivity contribution in [1.82, 2.24) is 0 Å². The minimum Gasteiger partial charge on any atom is -0.756 e. The van der Waals surface area contributed by atoms with Crippen molar-refractivity contribution in [3.05, 3.63) is 0 Å². The molecule has 0 heterocycles. The van der Waals surface area contributed by atoms with Crippen LogP contribution in [0.25, 0.3) is 0 Å². The number of esters is 2. The van der Waals surface area contributed by atoms with Crippen LogP contribution in [-0.4, -0.2) is 49.6 Å². The van der Waals surface area contributed by atoms with Crippen LogP contribution in [0.15, 0.2) is 0 Å². The van der Waals surface area contributed by atoms with Crippen molar-refractivity contribution in [3.63, 3.8) is 0 Å². The first kappa shape index (κ1) is 50.1. The molecule has 0 aliphatic rings. The van der Waals surface area contributed by atoms with Crippen LogP contribution in [0, 0.1) is 0 Å². The van der Waals surface area contributed by atoms with E-state index in [1.807, 2.05) is 0 Å². The van der Waals surface area contributed by atoms with Gasteiger partial charge in [0.05, 0.1) is 19.8 Å². The van der Waals surface area contributed by atoms with Gasteiger partial charge in [0.25, 0.3) is 7.82 Å². The maximum absolute atomic E-state index is 12.5. The molecule has 0 saturated heterocycles. The molecule has 0 aromatic carbocycles. The zero-order chi connectivity index (χ0) is 34.7. The number of rotatable bonds is 37. The average Bonchev–Trinajstić information content (AvgIpc) is 3.05. The molecule has 0 aromatic heterocycles. The second kappa shape index (κ2) is 38.2. The van der Waals surface area contributed by atoms with Crippen molar-refractivity contribution in [2.45, 2.75) is 200 Å². The molecule has 1 N–H and O–H groups in total. The Kier molecular flexibility index (Phi) is 39.9. The second-order valence-corrected chi connectivity index (χ2v) is 14.5. The number of aliphatic hydroxyl groups is 1. The van der Waals surface area contributed by atoms with Crippen molar-refractivity contribution < 1.29 is 72.2 Å². The Morgan fingerprint density at radius 1 is 0.562 bits per heavy atom. The number of hydrogen-bond acceptors (Lipinski definition) is 9. The topological polar surface area (TPSA) is 131 Å². The third kappa shape index (κ3) is 37.3. The molecule has 0 spiro atoms. The van der Waals surface area contributed by atoms with Crippen molar-refractivity contribution in [3.8, 4) is 0 Å². The number of phosphoric ester groups is 1. The predicted octanol–water partition coefficient (Wildman–Crippen LogP) is 6.90. The first-order valence-electron chi connectivity index (χ1n) is 19.4. The van der Waals surface area contributed by atoms with Crippen LogP contribution in [0.2, 0.25) is 0 Å². The van der Waals surface area contributed by atoms with E-state index >= 15 is 0 Å². The van der Waals surface area contributed by atoms with Crippen LogP contribution >= 0.6 is 7.82 Å². The Labute approximate surface area is 316 Å². The fourth-order valence-electron chi connectivity index (χ4n) is 5.56. The van der Waals surface area contributed by atoms with Gasteiger partial charge in [-0.15, -0.1) is 0 Å². The molecule has 2 atom stereocenters. The molecule has 0 amide bonds. The molecule has 0 radical (unpaired) electrons. The molecule has 0 bridgehead atoms. The van der Waals surface area contributed by atoms with Crippen LogP contribution in [-0.2, 0) is 32.7 Å². The van der Waals surface area contributed by atoms with Gasteiger partial charge in [-0.1, -0.05) is 168 Å². The molecule has 11 heteroatoms. The standard InChI is InChI=1S/C37H73O9P.Na/c1-3-5-7-9-11-13-15-17-19-21-23-25-27-29-36(39)43-33-35(34-45-47(41,42)44-32-31-38)46-37(40)30-28-26-24-22-20-18-16-14-12-10-8-6-4-2;/h35,38H,3-34H2,1-2H3,(H,41,42);/q;+1/p-1/t35-;/m1./s1. The zero-order valence-corrected chi connectivity index (χ0v) is 34.3. The fourth-order valence-corrected chi connectivity index (χ4v) is 6.29. The first-order valence-corrected chi connectivity index (χ1v) is 20.9. The van der Waals surface area contributed by atoms with Crippen molar-refractivity contribution in [2.24, 2.45) is 0 Å². The molecule has 0 aliphatic carbocycles. The zero-order valence-electron chi connectivity index (χ0n) is 31.4. The summed E-state index contributed by atoms with van der Waals surface area (Å²) >= 11 is 0. The Bertz CT molecular complexity index is 756. The molecule has 48 heavy (non-hydrogen) atoms. The number of hydrogen-bond donors (Lipinski definition) is 1. The van der Waals surface area contributed by atoms with Gasteiger partial charge in [-0.3, -0.25) is 14.2 Å². The minimum atomic E-state index is -4.69. The monoisotopic (exact) mass is 714 g/mol. The quantitative estimate of drug-likeness (QED) is 0.0316. The Balaban J connectivity index is 0. The summed E-state index contributed by atoms with van der Waals surface area (Å²) < 4.78 is 32.0. The summed E-state index contributed by atoms with van der Waals surface area (Å²) in [5.41, 5.74) is 0. The van der Waals surface area contributed by atoms with E-state index in [2.05, 4.69) is 18.4 Å². The molecule has 9 nitrogen and oxygen atoms in total. The van der Waals surface area contributed by atoms with E-state index in [-0.39, 0.29) is 49.0 Å². The van der Waals surface area contributed by atoms with Crippen LogP contribution in [0.4, 0.5) is 0 Å². The van der Waals surface area contributed by atoms with E-state index in [4.69, 9.17) is 19.1 Å². The minimum absolute atomic E-state index is 0. The molecule has 0 saturated carbocycles. The van der Waals surface area contributed by atoms with Gasteiger partial charge in [0, 0.05) is 12.8 Å². The van der Waals surface area contributed by atoms with Gasteiger partial charge in [-0.05, 0) is 12.8 Å². The van der Waals surface area contributed by atoms with Gasteiger partial charge >= 0.3 is 41.5 Å². The van der Waals surface area contributed by atoms with Crippen LogP contribution in [0.5, 0.6) is 0 Å². The van der Waals surface area contributed by atoms with E-state index in [1.165, 1.54) is 122 Å². The van der Waals surface area contributed by atoms with Gasteiger partial charge in [0.15, 0.2) is 6.10 Å². The van der Waals surface area contributed by atoms with E-state index in [9.17, 15) is 19.0 Å². The summed E-state index contributed by atoms with van der Waals surface area (Å²) in [6.45, 7) is 2.75. The van der Waals surface area contributed by atoms with Gasteiger partial charge in [0.2, 0.25) is 0 Å². The first-order chi connectivity index (χ1) is 22.8. The number of carbonyl (C=O) groups excluding carboxylic acids is 2. The molecular formula is C37H72NaO9P. The molecule has 0 rings (SSSR count). The van der Waals surface area contributed by atoms with Crippen molar-refractivity contribution >= 4 is 19.8 Å². The second-order valence-electron chi connectivity index (χ2n) is 13.1. The molecule has 0 aliphatic heterocycles. The normalized spacial score (nSPS) is 13.1. The Morgan fingerprint density at radius 2 is 0.917 bits per heavy atom. The molecule has 0 fully saturated rings. The van der Waals surface area contributed by atoms with Crippen molar-refractivity contribution in [1.29, 1.82) is 0 Å². The van der Waals surface area contributed by atoms with E-state index in [0.717, 1.165) is 38.5 Å². The predicted molar refractivity (Wildman–Crippen MR) is 188 cm³/mol. The average molecular weight is 715 g/mol.